The van der Waals surface area contributed by atoms with Gasteiger partial charge in [-0.15, -0.1) is 0 Å². The maximum absolute atomic E-state index is 12.8. The molecule has 0 radical (unpaired) electrons. The Hall–Kier alpha value is -3.13. The quantitative estimate of drug-likeness (QED) is 0.348. The van der Waals surface area contributed by atoms with E-state index in [1.165, 1.54) is 5.56 Å². The molecule has 1 fully saturated rings. The van der Waals surface area contributed by atoms with Gasteiger partial charge in [-0.2, -0.15) is 5.01 Å². The molecule has 4 rings (SSSR count). The first kappa shape index (κ1) is 23.0. The summed E-state index contributed by atoms with van der Waals surface area (Å²) in [7, 11) is 0. The number of halogens is 1. The van der Waals surface area contributed by atoms with E-state index >= 15 is 0 Å². The number of carbonyl (C=O) groups is 2. The molecule has 1 aliphatic heterocycles. The number of thiocarbonyl (C=S) groups is 1. The third kappa shape index (κ3) is 5.45. The van der Waals surface area contributed by atoms with E-state index < -0.39 is 11.8 Å². The van der Waals surface area contributed by atoms with E-state index in [-0.39, 0.29) is 9.88 Å². The summed E-state index contributed by atoms with van der Waals surface area (Å²) in [6.07, 6.45) is 1.73. The molecule has 8 heteroatoms. The Morgan fingerprint density at radius 2 is 1.79 bits per heavy atom. The highest BCUT2D eigenvalue weighted by Crippen LogP contribution is 2.32. The highest BCUT2D eigenvalue weighted by molar-refractivity contribution is 8.26. The lowest BCUT2D eigenvalue weighted by molar-refractivity contribution is -0.123. The molecule has 0 unspecified atom stereocenters. The van der Waals surface area contributed by atoms with Crippen LogP contribution in [0.2, 0.25) is 5.02 Å². The van der Waals surface area contributed by atoms with E-state index in [1.807, 2.05) is 42.5 Å². The first-order valence-electron chi connectivity index (χ1n) is 10.0. The van der Waals surface area contributed by atoms with Crippen molar-refractivity contribution in [1.29, 1.82) is 0 Å². The van der Waals surface area contributed by atoms with Crippen molar-refractivity contribution in [3.63, 3.8) is 0 Å². The SMILES string of the molecule is Cc1ccccc1COc1ccc(/C=C2\SC(=S)N(NC(=O)c3ccccc3Cl)C2=O)cc1. The van der Waals surface area contributed by atoms with Crippen LogP contribution in [-0.4, -0.2) is 21.1 Å². The predicted molar refractivity (Wildman–Crippen MR) is 136 cm³/mol. The van der Waals surface area contributed by atoms with Gasteiger partial charge in [0.2, 0.25) is 0 Å². The molecule has 0 spiro atoms. The Kier molecular flexibility index (Phi) is 7.13. The molecule has 2 amide bonds. The number of hydrazine groups is 1. The Labute approximate surface area is 206 Å². The molecule has 3 aromatic rings. The van der Waals surface area contributed by atoms with Gasteiger partial charge in [0.1, 0.15) is 12.4 Å². The average molecular weight is 495 g/mol. The summed E-state index contributed by atoms with van der Waals surface area (Å²) in [5, 5.41) is 1.36. The van der Waals surface area contributed by atoms with Crippen LogP contribution in [0.5, 0.6) is 5.75 Å². The van der Waals surface area contributed by atoms with Gasteiger partial charge in [-0.1, -0.05) is 71.9 Å². The third-order valence-electron chi connectivity index (χ3n) is 4.96. The van der Waals surface area contributed by atoms with Gasteiger partial charge in [0.05, 0.1) is 15.5 Å². The van der Waals surface area contributed by atoms with Crippen LogP contribution in [0.15, 0.2) is 77.7 Å². The minimum atomic E-state index is -0.506. The zero-order valence-electron chi connectivity index (χ0n) is 17.6. The van der Waals surface area contributed by atoms with E-state index in [0.717, 1.165) is 33.6 Å². The monoisotopic (exact) mass is 494 g/mol. The number of carbonyl (C=O) groups excluding carboxylic acids is 2. The van der Waals surface area contributed by atoms with Crippen molar-refractivity contribution in [2.75, 3.05) is 0 Å². The van der Waals surface area contributed by atoms with E-state index in [2.05, 4.69) is 18.4 Å². The van der Waals surface area contributed by atoms with Crippen molar-refractivity contribution in [3.8, 4) is 5.75 Å². The molecule has 166 valence electrons. The highest BCUT2D eigenvalue weighted by Gasteiger charge is 2.34. The standard InChI is InChI=1S/C25H19ClN2O3S2/c1-16-6-2-3-7-18(16)15-31-19-12-10-17(11-13-19)14-22-24(30)28(25(32)33-22)27-23(29)20-8-4-5-9-21(20)26/h2-14H,15H2,1H3,(H,27,29)/b22-14-. The van der Waals surface area contributed by atoms with Gasteiger partial charge in [-0.25, -0.2) is 0 Å². The Balaban J connectivity index is 1.41. The Bertz CT molecular complexity index is 1260. The second-order valence-corrected chi connectivity index (χ2v) is 9.31. The lowest BCUT2D eigenvalue weighted by Crippen LogP contribution is -2.44. The molecule has 1 aliphatic rings. The summed E-state index contributed by atoms with van der Waals surface area (Å²) in [4.78, 5) is 25.7. The normalized spacial score (nSPS) is 14.6. The summed E-state index contributed by atoms with van der Waals surface area (Å²) in [5.74, 6) is -0.173. The van der Waals surface area contributed by atoms with Crippen molar-refractivity contribution in [1.82, 2.24) is 10.4 Å². The van der Waals surface area contributed by atoms with Gasteiger partial charge in [0, 0.05) is 0 Å². The Morgan fingerprint density at radius 1 is 1.09 bits per heavy atom. The molecular formula is C25H19ClN2O3S2. The van der Waals surface area contributed by atoms with Crippen LogP contribution < -0.4 is 10.2 Å². The minimum absolute atomic E-state index is 0.241. The molecule has 1 N–H and O–H groups in total. The van der Waals surface area contributed by atoms with Gasteiger partial charge < -0.3 is 4.74 Å². The van der Waals surface area contributed by atoms with Gasteiger partial charge in [-0.3, -0.25) is 15.0 Å². The molecule has 5 nitrogen and oxygen atoms in total. The number of nitrogens with zero attached hydrogens (tertiary/aromatic N) is 1. The van der Waals surface area contributed by atoms with Crippen LogP contribution in [0, 0.1) is 6.92 Å². The van der Waals surface area contributed by atoms with Crippen molar-refractivity contribution in [2.24, 2.45) is 0 Å². The number of rotatable bonds is 6. The van der Waals surface area contributed by atoms with E-state index in [0.29, 0.717) is 16.5 Å². The van der Waals surface area contributed by atoms with Crippen molar-refractivity contribution >= 4 is 57.8 Å². The fourth-order valence-corrected chi connectivity index (χ4v) is 4.52. The van der Waals surface area contributed by atoms with Crippen molar-refractivity contribution < 1.29 is 14.3 Å². The van der Waals surface area contributed by atoms with Crippen LogP contribution in [0.3, 0.4) is 0 Å². The minimum Gasteiger partial charge on any atom is -0.489 e. The first-order chi connectivity index (χ1) is 15.9. The molecular weight excluding hydrogens is 476 g/mol. The predicted octanol–water partition coefficient (Wildman–Crippen LogP) is 5.77. The van der Waals surface area contributed by atoms with Crippen molar-refractivity contribution in [2.45, 2.75) is 13.5 Å². The van der Waals surface area contributed by atoms with Gasteiger partial charge in [-0.05, 0) is 66.2 Å². The van der Waals surface area contributed by atoms with Gasteiger partial charge >= 0.3 is 0 Å². The smallest absolute Gasteiger partial charge is 0.285 e. The number of hydrogen-bond donors (Lipinski definition) is 1. The molecule has 0 aliphatic carbocycles. The molecule has 0 saturated carbocycles. The fraction of sp³-hybridized carbons (Fsp3) is 0.0800. The lowest BCUT2D eigenvalue weighted by atomic mass is 10.1. The Morgan fingerprint density at radius 3 is 2.52 bits per heavy atom. The van der Waals surface area contributed by atoms with Gasteiger partial charge in [0.25, 0.3) is 11.8 Å². The highest BCUT2D eigenvalue weighted by atomic mass is 35.5. The maximum Gasteiger partial charge on any atom is 0.285 e. The summed E-state index contributed by atoms with van der Waals surface area (Å²) in [5.41, 5.74) is 5.92. The van der Waals surface area contributed by atoms with Gasteiger partial charge in [0.15, 0.2) is 4.32 Å². The summed E-state index contributed by atoms with van der Waals surface area (Å²) < 4.78 is 6.11. The summed E-state index contributed by atoms with van der Waals surface area (Å²) in [6.45, 7) is 2.53. The summed E-state index contributed by atoms with van der Waals surface area (Å²) in [6, 6.07) is 22.1. The fourth-order valence-electron chi connectivity index (χ4n) is 3.12. The molecule has 1 heterocycles. The molecule has 0 bridgehead atoms. The molecule has 3 aromatic carbocycles. The number of thioether (sulfide) groups is 1. The zero-order valence-corrected chi connectivity index (χ0v) is 20.0. The van der Waals surface area contributed by atoms with E-state index in [1.54, 1.807) is 30.3 Å². The second-order valence-electron chi connectivity index (χ2n) is 7.22. The summed E-state index contributed by atoms with van der Waals surface area (Å²) >= 11 is 12.5. The van der Waals surface area contributed by atoms with Crippen molar-refractivity contribution in [3.05, 3.63) is 105 Å². The number of aryl methyl sites for hydroxylation is 1. The molecule has 0 atom stereocenters. The molecule has 0 aromatic heterocycles. The van der Waals surface area contributed by atoms with Crippen LogP contribution in [-0.2, 0) is 11.4 Å². The largest absolute Gasteiger partial charge is 0.489 e. The molecule has 33 heavy (non-hydrogen) atoms. The van der Waals surface area contributed by atoms with Crippen LogP contribution in [0.25, 0.3) is 6.08 Å². The first-order valence-corrected chi connectivity index (χ1v) is 11.6. The topological polar surface area (TPSA) is 58.6 Å². The van der Waals surface area contributed by atoms with Crippen LogP contribution >= 0.6 is 35.6 Å². The second kappa shape index (κ2) is 10.2. The van der Waals surface area contributed by atoms with E-state index in [4.69, 9.17) is 28.6 Å². The maximum atomic E-state index is 12.8. The lowest BCUT2D eigenvalue weighted by Gasteiger charge is -2.16. The number of ether oxygens (including phenoxy) is 1. The number of amides is 2. The zero-order chi connectivity index (χ0) is 23.4. The van der Waals surface area contributed by atoms with E-state index in [9.17, 15) is 9.59 Å². The van der Waals surface area contributed by atoms with Crippen LogP contribution in [0.4, 0.5) is 0 Å². The number of hydrogen-bond acceptors (Lipinski definition) is 5. The molecule has 1 saturated heterocycles. The average Bonchev–Trinajstić information content (AvgIpc) is 3.07. The third-order valence-corrected chi connectivity index (χ3v) is 6.59. The van der Waals surface area contributed by atoms with Crippen LogP contribution in [0.1, 0.15) is 27.0 Å². The number of benzene rings is 3. The number of nitrogens with one attached hydrogen (secondary N) is 1.